The molecule has 1 heterocycles. The minimum Gasteiger partial charge on any atom is -0.467 e. The largest absolute Gasteiger partial charge is 0.467 e. The van der Waals surface area contributed by atoms with Crippen LogP contribution in [0, 0.1) is 0 Å². The normalized spacial score (nSPS) is 11.1. The van der Waals surface area contributed by atoms with Crippen LogP contribution in [0.25, 0.3) is 10.4 Å². The Morgan fingerprint density at radius 1 is 1.08 bits per heavy atom. The van der Waals surface area contributed by atoms with Gasteiger partial charge in [-0.2, -0.15) is 0 Å². The lowest BCUT2D eigenvalue weighted by atomic mass is 10.0. The lowest BCUT2D eigenvalue weighted by Gasteiger charge is -2.30. The summed E-state index contributed by atoms with van der Waals surface area (Å²) in [6, 6.07) is 14.9. The van der Waals surface area contributed by atoms with Crippen LogP contribution in [-0.2, 0) is 27.2 Å². The van der Waals surface area contributed by atoms with Gasteiger partial charge in [0.2, 0.25) is 0 Å². The molecule has 0 aliphatic heterocycles. The van der Waals surface area contributed by atoms with Crippen LogP contribution in [0.3, 0.4) is 0 Å². The van der Waals surface area contributed by atoms with E-state index in [1.165, 1.54) is 37.3 Å². The van der Waals surface area contributed by atoms with Crippen molar-refractivity contribution in [3.05, 3.63) is 105 Å². The van der Waals surface area contributed by atoms with Crippen molar-refractivity contribution in [2.24, 2.45) is 5.11 Å². The Balaban J connectivity index is 2.08. The molecule has 1 amide bonds. The third kappa shape index (κ3) is 6.38. The minimum absolute atomic E-state index is 0.0162. The van der Waals surface area contributed by atoms with Crippen molar-refractivity contribution in [1.29, 1.82) is 0 Å². The molecular weight excluding hydrogens is 486 g/mol. The number of carbonyl (C=O) groups excluding carboxylic acids is 3. The van der Waals surface area contributed by atoms with E-state index >= 15 is 0 Å². The van der Waals surface area contributed by atoms with Gasteiger partial charge in [-0.25, -0.2) is 9.59 Å². The predicted molar refractivity (Wildman–Crippen MR) is 132 cm³/mol. The molecule has 36 heavy (non-hydrogen) atoms. The summed E-state index contributed by atoms with van der Waals surface area (Å²) in [7, 11) is 2.51. The Labute approximate surface area is 212 Å². The lowest BCUT2D eigenvalue weighted by Crippen LogP contribution is -2.46. The van der Waals surface area contributed by atoms with Gasteiger partial charge in [-0.3, -0.25) is 9.78 Å². The zero-order valence-corrected chi connectivity index (χ0v) is 20.3. The number of aromatic nitrogens is 1. The first-order valence-corrected chi connectivity index (χ1v) is 11.1. The maximum absolute atomic E-state index is 13.8. The topological polar surface area (TPSA) is 135 Å². The second kappa shape index (κ2) is 12.3. The number of ether oxygens (including phenoxy) is 2. The molecule has 0 saturated heterocycles. The second-order valence-electron chi connectivity index (χ2n) is 7.54. The zero-order valence-electron chi connectivity index (χ0n) is 19.5. The van der Waals surface area contributed by atoms with Gasteiger partial charge in [-0.1, -0.05) is 34.9 Å². The summed E-state index contributed by atoms with van der Waals surface area (Å²) in [6.45, 7) is -0.0226. The van der Waals surface area contributed by atoms with Crippen molar-refractivity contribution in [2.75, 3.05) is 14.2 Å². The van der Waals surface area contributed by atoms with Crippen molar-refractivity contribution in [1.82, 2.24) is 9.88 Å². The van der Waals surface area contributed by atoms with Crippen molar-refractivity contribution < 1.29 is 23.9 Å². The van der Waals surface area contributed by atoms with Gasteiger partial charge in [0.25, 0.3) is 5.91 Å². The van der Waals surface area contributed by atoms with Crippen molar-refractivity contribution >= 4 is 35.1 Å². The molecule has 0 fully saturated rings. The number of nitrogens with zero attached hydrogens (tertiary/aromatic N) is 5. The second-order valence-corrected chi connectivity index (χ2v) is 7.97. The van der Waals surface area contributed by atoms with Crippen LogP contribution in [0.5, 0.6) is 0 Å². The number of halogens is 1. The van der Waals surface area contributed by atoms with Gasteiger partial charge in [0, 0.05) is 40.4 Å². The molecule has 1 atom stereocenters. The molecule has 3 aromatic rings. The van der Waals surface area contributed by atoms with Gasteiger partial charge in [-0.05, 0) is 53.6 Å². The Morgan fingerprint density at radius 2 is 1.83 bits per heavy atom. The molecule has 0 bridgehead atoms. The molecule has 0 aliphatic carbocycles. The number of esters is 2. The van der Waals surface area contributed by atoms with Gasteiger partial charge in [-0.15, -0.1) is 0 Å². The summed E-state index contributed by atoms with van der Waals surface area (Å²) in [5.41, 5.74) is 10.6. The van der Waals surface area contributed by atoms with Crippen LogP contribution in [0.1, 0.15) is 32.0 Å². The quantitative estimate of drug-likeness (QED) is 0.175. The number of hydrogen-bond acceptors (Lipinski definition) is 7. The molecular formula is C25H22ClN5O5. The van der Waals surface area contributed by atoms with Crippen LogP contribution >= 0.6 is 11.6 Å². The van der Waals surface area contributed by atoms with Crippen LogP contribution in [0.2, 0.25) is 5.02 Å². The Kier molecular flexibility index (Phi) is 8.99. The first kappa shape index (κ1) is 26.2. The van der Waals surface area contributed by atoms with E-state index in [2.05, 4.69) is 15.0 Å². The molecule has 11 heteroatoms. The van der Waals surface area contributed by atoms with Crippen molar-refractivity contribution in [3.63, 3.8) is 0 Å². The zero-order chi connectivity index (χ0) is 26.1. The third-order valence-electron chi connectivity index (χ3n) is 5.31. The Bertz CT molecular complexity index is 1290. The number of amides is 1. The number of carbonyl (C=O) groups is 3. The van der Waals surface area contributed by atoms with Gasteiger partial charge in [0.15, 0.2) is 0 Å². The fraction of sp³-hybridized carbons (Fsp3) is 0.200. The monoisotopic (exact) mass is 507 g/mol. The minimum atomic E-state index is -1.06. The van der Waals surface area contributed by atoms with Gasteiger partial charge >= 0.3 is 11.9 Å². The summed E-state index contributed by atoms with van der Waals surface area (Å²) < 4.78 is 9.75. The highest BCUT2D eigenvalue weighted by Crippen LogP contribution is 2.27. The fourth-order valence-corrected chi connectivity index (χ4v) is 3.70. The average molecular weight is 508 g/mol. The van der Waals surface area contributed by atoms with E-state index in [-0.39, 0.29) is 29.2 Å². The average Bonchev–Trinajstić information content (AvgIpc) is 2.90. The molecule has 0 radical (unpaired) electrons. The summed E-state index contributed by atoms with van der Waals surface area (Å²) in [4.78, 5) is 46.9. The predicted octanol–water partition coefficient (Wildman–Crippen LogP) is 4.89. The van der Waals surface area contributed by atoms with E-state index in [1.807, 2.05) is 0 Å². The molecule has 1 aromatic heterocycles. The molecule has 0 spiro atoms. The number of methoxy groups -OCH3 is 2. The molecule has 0 unspecified atom stereocenters. The number of azide groups is 1. The van der Waals surface area contributed by atoms with Crippen LogP contribution in [-0.4, -0.2) is 48.0 Å². The first-order chi connectivity index (χ1) is 17.4. The fourth-order valence-electron chi connectivity index (χ4n) is 3.53. The SMILES string of the molecule is COC(=O)c1ccc(CN(C(=O)c2ccc(Cl)cc2N=[N+]=[N-])[C@H](Cc2ccccn2)C(=O)OC)cc1. The van der Waals surface area contributed by atoms with E-state index in [9.17, 15) is 14.4 Å². The lowest BCUT2D eigenvalue weighted by molar-refractivity contribution is -0.146. The number of benzene rings is 2. The van der Waals surface area contributed by atoms with E-state index in [1.54, 1.807) is 48.7 Å². The summed E-state index contributed by atoms with van der Waals surface area (Å²) in [5.74, 6) is -1.74. The molecule has 0 saturated carbocycles. The molecule has 3 rings (SSSR count). The highest BCUT2D eigenvalue weighted by atomic mass is 35.5. The summed E-state index contributed by atoms with van der Waals surface area (Å²) in [6.07, 6.45) is 1.66. The van der Waals surface area contributed by atoms with Crippen LogP contribution in [0.4, 0.5) is 5.69 Å². The maximum atomic E-state index is 13.8. The molecule has 184 valence electrons. The summed E-state index contributed by atoms with van der Waals surface area (Å²) in [5, 5.41) is 3.87. The van der Waals surface area contributed by atoms with Crippen molar-refractivity contribution in [2.45, 2.75) is 19.0 Å². The van der Waals surface area contributed by atoms with E-state index in [0.717, 1.165) is 0 Å². The molecule has 0 aliphatic rings. The highest BCUT2D eigenvalue weighted by Gasteiger charge is 2.33. The highest BCUT2D eigenvalue weighted by molar-refractivity contribution is 6.31. The van der Waals surface area contributed by atoms with Crippen LogP contribution in [0.15, 0.2) is 72.0 Å². The smallest absolute Gasteiger partial charge is 0.337 e. The Hall–Kier alpha value is -4.40. The van der Waals surface area contributed by atoms with E-state index < -0.39 is 23.9 Å². The van der Waals surface area contributed by atoms with Crippen molar-refractivity contribution in [3.8, 4) is 0 Å². The number of pyridine rings is 1. The van der Waals surface area contributed by atoms with Gasteiger partial charge < -0.3 is 14.4 Å². The molecule has 0 N–H and O–H groups in total. The summed E-state index contributed by atoms with van der Waals surface area (Å²) >= 11 is 6.03. The third-order valence-corrected chi connectivity index (χ3v) is 5.54. The van der Waals surface area contributed by atoms with Gasteiger partial charge in [0.05, 0.1) is 25.5 Å². The number of hydrogen-bond donors (Lipinski definition) is 0. The van der Waals surface area contributed by atoms with Gasteiger partial charge in [0.1, 0.15) is 6.04 Å². The number of rotatable bonds is 9. The van der Waals surface area contributed by atoms with E-state index in [4.69, 9.17) is 26.6 Å². The Morgan fingerprint density at radius 3 is 2.44 bits per heavy atom. The standard InChI is InChI=1S/C25H22ClN5O5/c1-35-24(33)17-8-6-16(7-9-17)15-31(22(25(34)36-2)14-19-5-3-4-12-28-19)23(32)20-11-10-18(26)13-21(20)29-30-27/h3-13,22H,14-15H2,1-2H3/t22-/m1/s1. The molecule has 10 nitrogen and oxygen atoms in total. The maximum Gasteiger partial charge on any atom is 0.337 e. The molecule has 2 aromatic carbocycles. The first-order valence-electron chi connectivity index (χ1n) is 10.7. The van der Waals surface area contributed by atoms with Crippen LogP contribution < -0.4 is 0 Å². The van der Waals surface area contributed by atoms with E-state index in [0.29, 0.717) is 16.8 Å².